The first-order chi connectivity index (χ1) is 6.07. The lowest BCUT2D eigenvalue weighted by molar-refractivity contribution is -0.147. The van der Waals surface area contributed by atoms with Crippen LogP contribution in [0.15, 0.2) is 0 Å². The summed E-state index contributed by atoms with van der Waals surface area (Å²) < 4.78 is 0. The largest absolute Gasteiger partial charge is 0.368 e. The van der Waals surface area contributed by atoms with E-state index in [1.165, 1.54) is 4.90 Å². The van der Waals surface area contributed by atoms with Crippen LogP contribution in [0.4, 0.5) is 0 Å². The van der Waals surface area contributed by atoms with Crippen molar-refractivity contribution in [1.82, 2.24) is 4.90 Å². The summed E-state index contributed by atoms with van der Waals surface area (Å²) in [6.45, 7) is 2.43. The molecule has 1 saturated heterocycles. The first-order valence-corrected chi connectivity index (χ1v) is 4.43. The first kappa shape index (κ1) is 9.98. The van der Waals surface area contributed by atoms with E-state index in [1.54, 1.807) is 0 Å². The molecule has 0 aliphatic carbocycles. The van der Waals surface area contributed by atoms with Crippen molar-refractivity contribution in [2.24, 2.45) is 11.5 Å². The van der Waals surface area contributed by atoms with Crippen LogP contribution < -0.4 is 11.5 Å². The Morgan fingerprint density at radius 2 is 2.23 bits per heavy atom. The topological polar surface area (TPSA) is 89.4 Å². The Morgan fingerprint density at radius 3 is 2.54 bits per heavy atom. The second-order valence-corrected chi connectivity index (χ2v) is 3.25. The van der Waals surface area contributed by atoms with Crippen molar-refractivity contribution in [1.29, 1.82) is 0 Å². The third kappa shape index (κ3) is 1.80. The van der Waals surface area contributed by atoms with Gasteiger partial charge in [-0.2, -0.15) is 0 Å². The SMILES string of the molecule is CC[C@H](N)C(=O)N1CC[C@H]1C(N)=O. The molecular weight excluding hydrogens is 170 g/mol. The lowest BCUT2D eigenvalue weighted by atomic mass is 10.0. The summed E-state index contributed by atoms with van der Waals surface area (Å²) >= 11 is 0. The van der Waals surface area contributed by atoms with Crippen LogP contribution in [0.3, 0.4) is 0 Å². The highest BCUT2D eigenvalue weighted by Gasteiger charge is 2.37. The van der Waals surface area contributed by atoms with E-state index in [-0.39, 0.29) is 5.91 Å². The molecule has 1 heterocycles. The van der Waals surface area contributed by atoms with Crippen LogP contribution in [-0.2, 0) is 9.59 Å². The van der Waals surface area contributed by atoms with E-state index in [1.807, 2.05) is 6.92 Å². The zero-order valence-electron chi connectivity index (χ0n) is 7.69. The molecule has 0 aromatic carbocycles. The van der Waals surface area contributed by atoms with E-state index in [0.717, 1.165) is 0 Å². The number of rotatable bonds is 3. The molecule has 1 rings (SSSR count). The van der Waals surface area contributed by atoms with Crippen LogP contribution in [0.5, 0.6) is 0 Å². The molecule has 2 amide bonds. The highest BCUT2D eigenvalue weighted by atomic mass is 16.2. The second-order valence-electron chi connectivity index (χ2n) is 3.25. The van der Waals surface area contributed by atoms with Gasteiger partial charge >= 0.3 is 0 Å². The van der Waals surface area contributed by atoms with E-state index < -0.39 is 18.0 Å². The van der Waals surface area contributed by atoms with E-state index in [9.17, 15) is 9.59 Å². The molecule has 1 aliphatic heterocycles. The van der Waals surface area contributed by atoms with Crippen LogP contribution in [-0.4, -0.2) is 35.3 Å². The Bertz CT molecular complexity index is 229. The molecular formula is C8H15N3O2. The Morgan fingerprint density at radius 1 is 1.62 bits per heavy atom. The van der Waals surface area contributed by atoms with Crippen molar-refractivity contribution in [3.05, 3.63) is 0 Å². The minimum absolute atomic E-state index is 0.169. The van der Waals surface area contributed by atoms with Gasteiger partial charge in [-0.25, -0.2) is 0 Å². The van der Waals surface area contributed by atoms with E-state index in [0.29, 0.717) is 19.4 Å². The third-order valence-electron chi connectivity index (χ3n) is 2.39. The fourth-order valence-electron chi connectivity index (χ4n) is 1.33. The molecule has 0 bridgehead atoms. The summed E-state index contributed by atoms with van der Waals surface area (Å²) in [5.41, 5.74) is 10.6. The Labute approximate surface area is 77.1 Å². The Hall–Kier alpha value is -1.10. The summed E-state index contributed by atoms with van der Waals surface area (Å²) in [5.74, 6) is -0.611. The molecule has 1 aliphatic rings. The maximum absolute atomic E-state index is 11.5. The molecule has 0 radical (unpaired) electrons. The number of nitrogens with zero attached hydrogens (tertiary/aromatic N) is 1. The monoisotopic (exact) mass is 185 g/mol. The maximum Gasteiger partial charge on any atom is 0.240 e. The molecule has 4 N–H and O–H groups in total. The van der Waals surface area contributed by atoms with Crippen LogP contribution >= 0.6 is 0 Å². The van der Waals surface area contributed by atoms with Gasteiger partial charge in [-0.1, -0.05) is 6.92 Å². The zero-order chi connectivity index (χ0) is 10.0. The number of hydrogen-bond acceptors (Lipinski definition) is 3. The summed E-state index contributed by atoms with van der Waals surface area (Å²) in [6.07, 6.45) is 1.25. The van der Waals surface area contributed by atoms with E-state index in [2.05, 4.69) is 0 Å². The van der Waals surface area contributed by atoms with Crippen molar-refractivity contribution in [3.63, 3.8) is 0 Å². The van der Waals surface area contributed by atoms with Gasteiger partial charge in [-0.3, -0.25) is 9.59 Å². The van der Waals surface area contributed by atoms with Gasteiger partial charge in [0.1, 0.15) is 6.04 Å². The fraction of sp³-hybridized carbons (Fsp3) is 0.750. The number of carbonyl (C=O) groups excluding carboxylic acids is 2. The number of hydrogen-bond donors (Lipinski definition) is 2. The molecule has 5 heteroatoms. The molecule has 74 valence electrons. The average Bonchev–Trinajstić information content (AvgIpc) is 1.99. The van der Waals surface area contributed by atoms with Gasteiger partial charge < -0.3 is 16.4 Å². The lowest BCUT2D eigenvalue weighted by Crippen LogP contribution is -2.60. The van der Waals surface area contributed by atoms with Gasteiger partial charge in [0.05, 0.1) is 6.04 Å². The number of primary amides is 1. The molecule has 1 fully saturated rings. The van der Waals surface area contributed by atoms with Crippen molar-refractivity contribution < 1.29 is 9.59 Å². The minimum atomic E-state index is -0.498. The zero-order valence-corrected chi connectivity index (χ0v) is 7.69. The number of carbonyl (C=O) groups is 2. The highest BCUT2D eigenvalue weighted by molar-refractivity contribution is 5.90. The smallest absolute Gasteiger partial charge is 0.240 e. The third-order valence-corrected chi connectivity index (χ3v) is 2.39. The normalized spacial score (nSPS) is 23.5. The van der Waals surface area contributed by atoms with Gasteiger partial charge in [0.15, 0.2) is 0 Å². The van der Waals surface area contributed by atoms with Crippen LogP contribution in [0, 0.1) is 0 Å². The highest BCUT2D eigenvalue weighted by Crippen LogP contribution is 2.17. The van der Waals surface area contributed by atoms with Gasteiger partial charge in [0, 0.05) is 6.54 Å². The van der Waals surface area contributed by atoms with E-state index >= 15 is 0 Å². The Balaban J connectivity index is 2.53. The number of likely N-dealkylation sites (tertiary alicyclic amines) is 1. The molecule has 2 atom stereocenters. The molecule has 0 aromatic heterocycles. The number of amides is 2. The molecule has 0 aromatic rings. The minimum Gasteiger partial charge on any atom is -0.368 e. The quantitative estimate of drug-likeness (QED) is 0.579. The molecule has 0 spiro atoms. The number of nitrogens with two attached hydrogens (primary N) is 2. The van der Waals surface area contributed by atoms with Gasteiger partial charge in [-0.15, -0.1) is 0 Å². The summed E-state index contributed by atoms with van der Waals surface area (Å²) in [7, 11) is 0. The predicted octanol–water partition coefficient (Wildman–Crippen LogP) is -1.19. The molecule has 0 unspecified atom stereocenters. The van der Waals surface area contributed by atoms with E-state index in [4.69, 9.17) is 11.5 Å². The summed E-state index contributed by atoms with van der Waals surface area (Å²) in [6, 6.07) is -0.924. The average molecular weight is 185 g/mol. The lowest BCUT2D eigenvalue weighted by Gasteiger charge is -2.40. The van der Waals surface area contributed by atoms with Crippen molar-refractivity contribution >= 4 is 11.8 Å². The summed E-state index contributed by atoms with van der Waals surface area (Å²) in [5, 5.41) is 0. The van der Waals surface area contributed by atoms with Crippen LogP contribution in [0.2, 0.25) is 0 Å². The summed E-state index contributed by atoms with van der Waals surface area (Å²) in [4.78, 5) is 23.7. The van der Waals surface area contributed by atoms with Crippen molar-refractivity contribution in [2.75, 3.05) is 6.54 Å². The van der Waals surface area contributed by atoms with Crippen LogP contribution in [0.25, 0.3) is 0 Å². The van der Waals surface area contributed by atoms with Gasteiger partial charge in [0.25, 0.3) is 0 Å². The van der Waals surface area contributed by atoms with Crippen molar-refractivity contribution in [2.45, 2.75) is 31.8 Å². The fourth-order valence-corrected chi connectivity index (χ4v) is 1.33. The van der Waals surface area contributed by atoms with Crippen molar-refractivity contribution in [3.8, 4) is 0 Å². The Kier molecular flexibility index (Phi) is 2.87. The first-order valence-electron chi connectivity index (χ1n) is 4.43. The predicted molar refractivity (Wildman–Crippen MR) is 47.6 cm³/mol. The molecule has 13 heavy (non-hydrogen) atoms. The molecule has 0 saturated carbocycles. The van der Waals surface area contributed by atoms with Crippen LogP contribution in [0.1, 0.15) is 19.8 Å². The standard InChI is InChI=1S/C8H15N3O2/c1-2-5(9)8(13)11-4-3-6(11)7(10)12/h5-6H,2-4,9H2,1H3,(H2,10,12)/t5-,6-/m0/s1. The van der Waals surface area contributed by atoms with Gasteiger partial charge in [0.2, 0.25) is 11.8 Å². The molecule has 5 nitrogen and oxygen atoms in total. The second kappa shape index (κ2) is 3.74. The van der Waals surface area contributed by atoms with Gasteiger partial charge in [-0.05, 0) is 12.8 Å². The maximum atomic E-state index is 11.5.